The Labute approximate surface area is 149 Å². The Hall–Kier alpha value is -1.23. The number of sulfonamides is 1. The monoisotopic (exact) mass is 376 g/mol. The quantitative estimate of drug-likeness (QED) is 0.531. The Morgan fingerprint density at radius 1 is 1.04 bits per heavy atom. The molecule has 2 heterocycles. The van der Waals surface area contributed by atoms with Crippen LogP contribution in [0.2, 0.25) is 0 Å². The molecule has 2 saturated heterocycles. The lowest BCUT2D eigenvalue weighted by molar-refractivity contribution is -0.139. The number of amides is 2. The predicted molar refractivity (Wildman–Crippen MR) is 92.4 cm³/mol. The Bertz CT molecular complexity index is 554. The summed E-state index contributed by atoms with van der Waals surface area (Å²) in [7, 11) is -3.14. The summed E-state index contributed by atoms with van der Waals surface area (Å²) >= 11 is 0. The first-order chi connectivity index (χ1) is 11.9. The van der Waals surface area contributed by atoms with Crippen LogP contribution in [0.15, 0.2) is 0 Å². The lowest BCUT2D eigenvalue weighted by atomic mass is 9.98. The van der Waals surface area contributed by atoms with E-state index in [-0.39, 0.29) is 5.92 Å². The second-order valence-corrected chi connectivity index (χ2v) is 8.51. The molecule has 0 atom stereocenters. The van der Waals surface area contributed by atoms with Gasteiger partial charge >= 0.3 is 11.8 Å². The summed E-state index contributed by atoms with van der Waals surface area (Å²) < 4.78 is 29.6. The number of nitrogens with zero attached hydrogens (tertiary/aromatic N) is 2. The Morgan fingerprint density at radius 2 is 1.64 bits per heavy atom. The van der Waals surface area contributed by atoms with Crippen LogP contribution < -0.4 is 10.6 Å². The first-order valence-corrected chi connectivity index (χ1v) is 10.5. The third kappa shape index (κ3) is 6.89. The van der Waals surface area contributed by atoms with Crippen molar-refractivity contribution in [2.75, 3.05) is 65.3 Å². The van der Waals surface area contributed by atoms with Gasteiger partial charge in [0.25, 0.3) is 0 Å². The minimum Gasteiger partial charge on any atom is -0.379 e. The van der Waals surface area contributed by atoms with Gasteiger partial charge in [0.05, 0.1) is 19.5 Å². The van der Waals surface area contributed by atoms with Gasteiger partial charge in [0.2, 0.25) is 10.0 Å². The topological polar surface area (TPSA) is 108 Å². The van der Waals surface area contributed by atoms with E-state index in [2.05, 4.69) is 15.5 Å². The predicted octanol–water partition coefficient (Wildman–Crippen LogP) is -1.78. The smallest absolute Gasteiger partial charge is 0.309 e. The fourth-order valence-electron chi connectivity index (χ4n) is 2.99. The largest absolute Gasteiger partial charge is 0.379 e. The van der Waals surface area contributed by atoms with Crippen LogP contribution in [0, 0.1) is 5.92 Å². The first kappa shape index (κ1) is 20.1. The first-order valence-electron chi connectivity index (χ1n) is 8.67. The maximum atomic E-state index is 11.8. The average Bonchev–Trinajstić information content (AvgIpc) is 2.60. The van der Waals surface area contributed by atoms with Gasteiger partial charge in [-0.15, -0.1) is 0 Å². The molecule has 0 unspecified atom stereocenters. The number of carbonyl (C=O) groups excluding carboxylic acids is 2. The molecular weight excluding hydrogens is 348 g/mol. The molecule has 0 spiro atoms. The zero-order chi connectivity index (χ0) is 18.3. The minimum absolute atomic E-state index is 0.197. The molecule has 0 aromatic heterocycles. The van der Waals surface area contributed by atoms with Crippen LogP contribution in [-0.4, -0.2) is 94.7 Å². The summed E-state index contributed by atoms with van der Waals surface area (Å²) in [5.74, 6) is -1.06. The highest BCUT2D eigenvalue weighted by Gasteiger charge is 2.25. The van der Waals surface area contributed by atoms with Crippen molar-refractivity contribution in [2.24, 2.45) is 5.92 Å². The Morgan fingerprint density at radius 3 is 2.24 bits per heavy atom. The lowest BCUT2D eigenvalue weighted by Gasteiger charge is -2.30. The van der Waals surface area contributed by atoms with Gasteiger partial charge in [0, 0.05) is 45.8 Å². The molecule has 2 amide bonds. The third-order valence-electron chi connectivity index (χ3n) is 4.62. The highest BCUT2D eigenvalue weighted by molar-refractivity contribution is 7.88. The van der Waals surface area contributed by atoms with E-state index in [0.29, 0.717) is 58.8 Å². The van der Waals surface area contributed by atoms with Crippen molar-refractivity contribution in [2.45, 2.75) is 12.8 Å². The van der Waals surface area contributed by atoms with Crippen molar-refractivity contribution in [1.29, 1.82) is 0 Å². The van der Waals surface area contributed by atoms with E-state index in [4.69, 9.17) is 4.74 Å². The molecule has 0 radical (unpaired) electrons. The Kier molecular flexibility index (Phi) is 7.60. The number of piperidine rings is 1. The molecular formula is C15H28N4O5S. The van der Waals surface area contributed by atoms with Crippen molar-refractivity contribution in [3.05, 3.63) is 0 Å². The van der Waals surface area contributed by atoms with Crippen molar-refractivity contribution >= 4 is 21.8 Å². The van der Waals surface area contributed by atoms with E-state index in [1.54, 1.807) is 0 Å². The lowest BCUT2D eigenvalue weighted by Crippen LogP contribution is -2.46. The van der Waals surface area contributed by atoms with Crippen LogP contribution >= 0.6 is 0 Å². The van der Waals surface area contributed by atoms with Gasteiger partial charge in [-0.05, 0) is 18.8 Å². The van der Waals surface area contributed by atoms with E-state index in [9.17, 15) is 18.0 Å². The van der Waals surface area contributed by atoms with Gasteiger partial charge in [-0.2, -0.15) is 0 Å². The van der Waals surface area contributed by atoms with E-state index >= 15 is 0 Å². The zero-order valence-corrected chi connectivity index (χ0v) is 15.5. The summed E-state index contributed by atoms with van der Waals surface area (Å²) in [6.45, 7) is 5.54. The van der Waals surface area contributed by atoms with Gasteiger partial charge < -0.3 is 15.4 Å². The van der Waals surface area contributed by atoms with Gasteiger partial charge in [0.15, 0.2) is 0 Å². The van der Waals surface area contributed by atoms with Crippen molar-refractivity contribution in [1.82, 2.24) is 19.8 Å². The number of carbonyl (C=O) groups is 2. The highest BCUT2D eigenvalue weighted by Crippen LogP contribution is 2.18. The molecule has 2 fully saturated rings. The summed E-state index contributed by atoms with van der Waals surface area (Å²) in [5.41, 5.74) is 0. The van der Waals surface area contributed by atoms with E-state index in [0.717, 1.165) is 13.1 Å². The van der Waals surface area contributed by atoms with Crippen LogP contribution in [0.3, 0.4) is 0 Å². The number of hydrogen-bond acceptors (Lipinski definition) is 6. The molecule has 2 rings (SSSR count). The van der Waals surface area contributed by atoms with Crippen LogP contribution in [0.25, 0.3) is 0 Å². The molecule has 9 nitrogen and oxygen atoms in total. The van der Waals surface area contributed by atoms with Gasteiger partial charge in [-0.1, -0.05) is 0 Å². The van der Waals surface area contributed by atoms with Crippen LogP contribution in [0.5, 0.6) is 0 Å². The number of rotatable bonds is 6. The summed E-state index contributed by atoms with van der Waals surface area (Å²) in [6.07, 6.45) is 2.58. The molecule has 2 N–H and O–H groups in total. The fraction of sp³-hybridized carbons (Fsp3) is 0.867. The second kappa shape index (κ2) is 9.46. The molecule has 0 saturated carbocycles. The summed E-state index contributed by atoms with van der Waals surface area (Å²) in [5, 5.41) is 5.27. The average molecular weight is 376 g/mol. The standard InChI is InChI=1S/C15H28N4O5S/c1-25(22,23)19-5-2-13(3-6-19)12-17-15(21)14(20)16-4-7-18-8-10-24-11-9-18/h13H,2-12H2,1H3,(H,16,20)(H,17,21). The number of morpholine rings is 1. The second-order valence-electron chi connectivity index (χ2n) is 6.53. The fourth-order valence-corrected chi connectivity index (χ4v) is 3.87. The molecule has 25 heavy (non-hydrogen) atoms. The van der Waals surface area contributed by atoms with Gasteiger partial charge in [-0.3, -0.25) is 14.5 Å². The Balaban J connectivity index is 1.59. The molecule has 0 aromatic rings. The molecule has 0 aliphatic carbocycles. The van der Waals surface area contributed by atoms with E-state index in [1.165, 1.54) is 10.6 Å². The van der Waals surface area contributed by atoms with Crippen LogP contribution in [0.1, 0.15) is 12.8 Å². The number of hydrogen-bond donors (Lipinski definition) is 2. The van der Waals surface area contributed by atoms with Gasteiger partial charge in [-0.25, -0.2) is 12.7 Å². The van der Waals surface area contributed by atoms with Gasteiger partial charge in [0.1, 0.15) is 0 Å². The summed E-state index contributed by atoms with van der Waals surface area (Å²) in [6, 6.07) is 0. The normalized spacial score (nSPS) is 21.0. The zero-order valence-electron chi connectivity index (χ0n) is 14.7. The SMILES string of the molecule is CS(=O)(=O)N1CCC(CNC(=O)C(=O)NCCN2CCOCC2)CC1. The molecule has 10 heteroatoms. The minimum atomic E-state index is -3.14. The summed E-state index contributed by atoms with van der Waals surface area (Å²) in [4.78, 5) is 25.8. The van der Waals surface area contributed by atoms with E-state index < -0.39 is 21.8 Å². The number of ether oxygens (including phenoxy) is 1. The van der Waals surface area contributed by atoms with Crippen LogP contribution in [0.4, 0.5) is 0 Å². The molecule has 2 aliphatic heterocycles. The highest BCUT2D eigenvalue weighted by atomic mass is 32.2. The van der Waals surface area contributed by atoms with Crippen molar-refractivity contribution in [3.63, 3.8) is 0 Å². The van der Waals surface area contributed by atoms with Crippen LogP contribution in [-0.2, 0) is 24.3 Å². The third-order valence-corrected chi connectivity index (χ3v) is 5.92. The maximum Gasteiger partial charge on any atom is 0.309 e. The van der Waals surface area contributed by atoms with Crippen molar-refractivity contribution < 1.29 is 22.7 Å². The molecule has 144 valence electrons. The molecule has 0 aromatic carbocycles. The maximum absolute atomic E-state index is 11.8. The van der Waals surface area contributed by atoms with Crippen molar-refractivity contribution in [3.8, 4) is 0 Å². The van der Waals surface area contributed by atoms with E-state index in [1.807, 2.05) is 0 Å². The number of nitrogens with one attached hydrogen (secondary N) is 2. The molecule has 2 aliphatic rings. The molecule has 0 bridgehead atoms.